The maximum absolute atomic E-state index is 3.62. The van der Waals surface area contributed by atoms with Gasteiger partial charge in [0.2, 0.25) is 0 Å². The minimum absolute atomic E-state index is 0.816. The average Bonchev–Trinajstić information content (AvgIpc) is 3.19. The molecule has 1 saturated heterocycles. The van der Waals surface area contributed by atoms with Crippen molar-refractivity contribution >= 4 is 11.3 Å². The lowest BCUT2D eigenvalue weighted by Gasteiger charge is -2.35. The summed E-state index contributed by atoms with van der Waals surface area (Å²) >= 11 is 2.01. The molecule has 3 heteroatoms. The van der Waals surface area contributed by atoms with Gasteiger partial charge in [-0.25, -0.2) is 0 Å². The Morgan fingerprint density at radius 3 is 2.85 bits per heavy atom. The number of likely N-dealkylation sites (tertiary alicyclic amines) is 1. The maximum atomic E-state index is 3.62. The van der Waals surface area contributed by atoms with Gasteiger partial charge in [-0.3, -0.25) is 4.90 Å². The van der Waals surface area contributed by atoms with Crippen LogP contribution >= 0.6 is 11.3 Å². The zero-order valence-corrected chi connectivity index (χ0v) is 13.6. The van der Waals surface area contributed by atoms with Gasteiger partial charge in [0.1, 0.15) is 0 Å². The fraction of sp³-hybridized carbons (Fsp3) is 0.765. The molecule has 3 rings (SSSR count). The third kappa shape index (κ3) is 4.06. The second-order valence-electron chi connectivity index (χ2n) is 6.43. The van der Waals surface area contributed by atoms with Crippen molar-refractivity contribution in [2.45, 2.75) is 77.0 Å². The van der Waals surface area contributed by atoms with E-state index in [1.54, 1.807) is 4.88 Å². The van der Waals surface area contributed by atoms with E-state index >= 15 is 0 Å². The number of hydrogen-bond donors (Lipinski definition) is 1. The second kappa shape index (κ2) is 7.06. The summed E-state index contributed by atoms with van der Waals surface area (Å²) in [6, 6.07) is 6.33. The van der Waals surface area contributed by atoms with E-state index in [-0.39, 0.29) is 0 Å². The van der Waals surface area contributed by atoms with Crippen LogP contribution in [0.25, 0.3) is 0 Å². The van der Waals surface area contributed by atoms with Gasteiger partial charge in [0.05, 0.1) is 0 Å². The summed E-state index contributed by atoms with van der Waals surface area (Å²) in [6.07, 6.45) is 9.69. The number of nitrogens with one attached hydrogen (secondary N) is 1. The molecule has 1 aliphatic carbocycles. The lowest BCUT2D eigenvalue weighted by Crippen LogP contribution is -2.38. The fourth-order valence-electron chi connectivity index (χ4n) is 3.26. The van der Waals surface area contributed by atoms with E-state index in [0.29, 0.717) is 0 Å². The molecule has 1 aromatic rings. The molecule has 0 spiro atoms. The third-order valence-electron chi connectivity index (χ3n) is 4.59. The highest BCUT2D eigenvalue weighted by Gasteiger charge is 2.22. The van der Waals surface area contributed by atoms with E-state index in [1.165, 1.54) is 62.9 Å². The molecule has 20 heavy (non-hydrogen) atoms. The van der Waals surface area contributed by atoms with Gasteiger partial charge in [0, 0.05) is 34.9 Å². The highest BCUT2D eigenvalue weighted by molar-refractivity contribution is 7.11. The first-order valence-corrected chi connectivity index (χ1v) is 9.22. The Morgan fingerprint density at radius 1 is 1.20 bits per heavy atom. The molecule has 0 aromatic carbocycles. The summed E-state index contributed by atoms with van der Waals surface area (Å²) < 4.78 is 0. The van der Waals surface area contributed by atoms with Crippen LogP contribution in [0.5, 0.6) is 0 Å². The van der Waals surface area contributed by atoms with Gasteiger partial charge >= 0.3 is 0 Å². The minimum atomic E-state index is 0.816. The Morgan fingerprint density at radius 2 is 2.05 bits per heavy atom. The Bertz CT molecular complexity index is 409. The van der Waals surface area contributed by atoms with Crippen LogP contribution in [-0.4, -0.2) is 23.5 Å². The molecule has 112 valence electrons. The molecule has 2 aliphatic rings. The molecule has 2 nitrogen and oxygen atoms in total. The molecule has 1 aromatic heterocycles. The number of hydrogen-bond acceptors (Lipinski definition) is 3. The Balaban J connectivity index is 1.52. The Labute approximate surface area is 127 Å². The summed E-state index contributed by atoms with van der Waals surface area (Å²) in [5, 5.41) is 3.62. The molecule has 1 aliphatic heterocycles. The van der Waals surface area contributed by atoms with Gasteiger partial charge in [-0.2, -0.15) is 0 Å². The summed E-state index contributed by atoms with van der Waals surface area (Å²) in [4.78, 5) is 5.80. The summed E-state index contributed by atoms with van der Waals surface area (Å²) in [5.41, 5.74) is 0. The Kier molecular flexibility index (Phi) is 5.14. The fourth-order valence-corrected chi connectivity index (χ4v) is 4.26. The first kappa shape index (κ1) is 14.6. The van der Waals surface area contributed by atoms with Crippen molar-refractivity contribution in [1.82, 2.24) is 10.2 Å². The smallest absolute Gasteiger partial charge is 0.0330 e. The van der Waals surface area contributed by atoms with Crippen LogP contribution in [0.4, 0.5) is 0 Å². The van der Waals surface area contributed by atoms with Crippen molar-refractivity contribution in [2.75, 3.05) is 6.54 Å². The van der Waals surface area contributed by atoms with Crippen LogP contribution in [-0.2, 0) is 13.1 Å². The SMILES string of the molecule is CCCC1CCCCN1Cc1ccc(CNC2CC2)s1. The normalized spacial score (nSPS) is 24.1. The van der Waals surface area contributed by atoms with E-state index in [4.69, 9.17) is 0 Å². The summed E-state index contributed by atoms with van der Waals surface area (Å²) in [6.45, 7) is 5.88. The van der Waals surface area contributed by atoms with Gasteiger partial charge in [0.25, 0.3) is 0 Å². The average molecular weight is 292 g/mol. The lowest BCUT2D eigenvalue weighted by atomic mass is 9.98. The predicted molar refractivity (Wildman–Crippen MR) is 87.1 cm³/mol. The van der Waals surface area contributed by atoms with E-state index < -0.39 is 0 Å². The molecule has 0 radical (unpaired) electrons. The van der Waals surface area contributed by atoms with Crippen LogP contribution in [0.15, 0.2) is 12.1 Å². The molecular formula is C17H28N2S. The first-order valence-electron chi connectivity index (χ1n) is 8.40. The van der Waals surface area contributed by atoms with Crippen molar-refractivity contribution < 1.29 is 0 Å². The molecule has 0 amide bonds. The zero-order chi connectivity index (χ0) is 13.8. The lowest BCUT2D eigenvalue weighted by molar-refractivity contribution is 0.133. The number of piperidine rings is 1. The van der Waals surface area contributed by atoms with Crippen LogP contribution in [0, 0.1) is 0 Å². The van der Waals surface area contributed by atoms with Crippen molar-refractivity contribution in [3.05, 3.63) is 21.9 Å². The van der Waals surface area contributed by atoms with Crippen LogP contribution in [0.2, 0.25) is 0 Å². The number of thiophene rings is 1. The second-order valence-corrected chi connectivity index (χ2v) is 7.68. The van der Waals surface area contributed by atoms with Gasteiger partial charge in [-0.1, -0.05) is 19.8 Å². The van der Waals surface area contributed by atoms with Crippen LogP contribution in [0.3, 0.4) is 0 Å². The van der Waals surface area contributed by atoms with E-state index in [9.17, 15) is 0 Å². The minimum Gasteiger partial charge on any atom is -0.309 e. The Hall–Kier alpha value is -0.380. The van der Waals surface area contributed by atoms with Gasteiger partial charge in [-0.05, 0) is 50.8 Å². The van der Waals surface area contributed by atoms with Crippen molar-refractivity contribution in [1.29, 1.82) is 0 Å². The summed E-state index contributed by atoms with van der Waals surface area (Å²) in [7, 11) is 0. The number of rotatable bonds is 7. The topological polar surface area (TPSA) is 15.3 Å². The molecule has 2 heterocycles. The first-order chi connectivity index (χ1) is 9.85. The summed E-state index contributed by atoms with van der Waals surface area (Å²) in [5.74, 6) is 0. The standard InChI is InChI=1S/C17H28N2S/c1-2-5-15-6-3-4-11-19(15)13-17-10-9-16(20-17)12-18-14-7-8-14/h9-10,14-15,18H,2-8,11-13H2,1H3. The predicted octanol–water partition coefficient (Wildman–Crippen LogP) is 4.15. The van der Waals surface area contributed by atoms with Gasteiger partial charge in [-0.15, -0.1) is 11.3 Å². The van der Waals surface area contributed by atoms with E-state index in [2.05, 4.69) is 29.3 Å². The van der Waals surface area contributed by atoms with E-state index in [0.717, 1.165) is 18.6 Å². The van der Waals surface area contributed by atoms with Gasteiger partial charge < -0.3 is 5.32 Å². The van der Waals surface area contributed by atoms with Crippen molar-refractivity contribution in [3.63, 3.8) is 0 Å². The zero-order valence-electron chi connectivity index (χ0n) is 12.7. The van der Waals surface area contributed by atoms with E-state index in [1.807, 2.05) is 11.3 Å². The monoisotopic (exact) mass is 292 g/mol. The molecule has 1 atom stereocenters. The maximum Gasteiger partial charge on any atom is 0.0330 e. The third-order valence-corrected chi connectivity index (χ3v) is 5.66. The van der Waals surface area contributed by atoms with Gasteiger partial charge in [0.15, 0.2) is 0 Å². The molecule has 2 fully saturated rings. The van der Waals surface area contributed by atoms with Crippen molar-refractivity contribution in [2.24, 2.45) is 0 Å². The molecule has 0 bridgehead atoms. The number of nitrogens with zero attached hydrogens (tertiary/aromatic N) is 1. The molecule has 1 unspecified atom stereocenters. The van der Waals surface area contributed by atoms with Crippen molar-refractivity contribution in [3.8, 4) is 0 Å². The quantitative estimate of drug-likeness (QED) is 0.812. The highest BCUT2D eigenvalue weighted by atomic mass is 32.1. The molecule has 1 saturated carbocycles. The van der Waals surface area contributed by atoms with Crippen LogP contribution < -0.4 is 5.32 Å². The molecule has 1 N–H and O–H groups in total. The van der Waals surface area contributed by atoms with Crippen LogP contribution in [0.1, 0.15) is 61.6 Å². The highest BCUT2D eigenvalue weighted by Crippen LogP contribution is 2.26. The largest absolute Gasteiger partial charge is 0.309 e. The molecular weight excluding hydrogens is 264 g/mol.